The first-order valence-corrected chi connectivity index (χ1v) is 5.70. The van der Waals surface area contributed by atoms with Crippen molar-refractivity contribution in [2.45, 2.75) is 17.2 Å². The lowest BCUT2D eigenvalue weighted by Crippen LogP contribution is -2.20. The number of rotatable bonds is 2. The largest absolute Gasteiger partial charge is 0.481 e. The van der Waals surface area contributed by atoms with Crippen LogP contribution in [0.5, 0.6) is 5.75 Å². The highest BCUT2D eigenvalue weighted by Crippen LogP contribution is 2.43. The fraction of sp³-hybridized carbons (Fsp3) is 0.333. The molecule has 1 aromatic carbocycles. The molecule has 0 aliphatic carbocycles. The van der Waals surface area contributed by atoms with E-state index in [1.165, 1.54) is 10.6 Å². The molecule has 0 bridgehead atoms. The molecule has 0 fully saturated rings. The molecule has 3 heteroatoms. The van der Waals surface area contributed by atoms with Crippen LogP contribution >= 0.6 is 11.8 Å². The van der Waals surface area contributed by atoms with Crippen LogP contribution < -0.4 is 9.64 Å². The van der Waals surface area contributed by atoms with E-state index in [1.807, 2.05) is 17.8 Å². The van der Waals surface area contributed by atoms with Crippen molar-refractivity contribution in [3.05, 3.63) is 18.2 Å². The standard InChI is InChI=1S/C12H13NOS/c1-4-7-14-10-5-6-11-12(8-10)15-9(2)13(11)3/h1,5-6,8-9H,7H2,2-3H3. The summed E-state index contributed by atoms with van der Waals surface area (Å²) >= 11 is 1.84. The van der Waals surface area contributed by atoms with Crippen LogP contribution in [0.25, 0.3) is 0 Å². The number of terminal acetylenes is 1. The maximum absolute atomic E-state index is 5.38. The number of thioether (sulfide) groups is 1. The van der Waals surface area contributed by atoms with Gasteiger partial charge in [0.1, 0.15) is 12.4 Å². The van der Waals surface area contributed by atoms with Gasteiger partial charge in [-0.3, -0.25) is 0 Å². The van der Waals surface area contributed by atoms with Gasteiger partial charge in [0.25, 0.3) is 0 Å². The highest BCUT2D eigenvalue weighted by Gasteiger charge is 2.23. The fourth-order valence-electron chi connectivity index (χ4n) is 1.55. The lowest BCUT2D eigenvalue weighted by atomic mass is 10.3. The van der Waals surface area contributed by atoms with Crippen LogP contribution in [0.4, 0.5) is 5.69 Å². The molecule has 0 amide bonds. The quantitative estimate of drug-likeness (QED) is 0.709. The summed E-state index contributed by atoms with van der Waals surface area (Å²) in [5.74, 6) is 3.31. The molecular formula is C12H13NOS. The van der Waals surface area contributed by atoms with E-state index in [2.05, 4.69) is 36.9 Å². The Hall–Kier alpha value is -1.27. The van der Waals surface area contributed by atoms with E-state index in [0.717, 1.165) is 5.75 Å². The van der Waals surface area contributed by atoms with Gasteiger partial charge < -0.3 is 9.64 Å². The summed E-state index contributed by atoms with van der Waals surface area (Å²) in [4.78, 5) is 3.52. The van der Waals surface area contributed by atoms with Gasteiger partial charge in [0, 0.05) is 11.9 Å². The number of hydrogen-bond acceptors (Lipinski definition) is 3. The molecule has 1 aliphatic rings. The van der Waals surface area contributed by atoms with Crippen LogP contribution in [0.2, 0.25) is 0 Å². The van der Waals surface area contributed by atoms with Crippen molar-refractivity contribution in [2.75, 3.05) is 18.6 Å². The van der Waals surface area contributed by atoms with Gasteiger partial charge in [-0.05, 0) is 25.1 Å². The van der Waals surface area contributed by atoms with Crippen molar-refractivity contribution in [2.24, 2.45) is 0 Å². The molecule has 0 saturated heterocycles. The predicted molar refractivity (Wildman–Crippen MR) is 64.5 cm³/mol. The van der Waals surface area contributed by atoms with Gasteiger partial charge >= 0.3 is 0 Å². The average Bonchev–Trinajstić information content (AvgIpc) is 2.52. The van der Waals surface area contributed by atoms with Crippen LogP contribution in [0.3, 0.4) is 0 Å². The van der Waals surface area contributed by atoms with Crippen LogP contribution in [0, 0.1) is 12.3 Å². The molecular weight excluding hydrogens is 206 g/mol. The Morgan fingerprint density at radius 2 is 2.40 bits per heavy atom. The zero-order valence-electron chi connectivity index (χ0n) is 8.86. The topological polar surface area (TPSA) is 12.5 Å². The van der Waals surface area contributed by atoms with Crippen LogP contribution in [-0.4, -0.2) is 19.0 Å². The summed E-state index contributed by atoms with van der Waals surface area (Å²) in [6.07, 6.45) is 5.14. The number of benzene rings is 1. The number of hydrogen-bond donors (Lipinski definition) is 0. The van der Waals surface area contributed by atoms with E-state index >= 15 is 0 Å². The Kier molecular flexibility index (Phi) is 2.79. The second kappa shape index (κ2) is 4.08. The maximum atomic E-state index is 5.38. The number of nitrogens with zero attached hydrogens (tertiary/aromatic N) is 1. The Bertz CT molecular complexity index is 411. The second-order valence-corrected chi connectivity index (χ2v) is 4.81. The van der Waals surface area contributed by atoms with Gasteiger partial charge in [-0.1, -0.05) is 17.7 Å². The molecule has 0 N–H and O–H groups in total. The molecule has 78 valence electrons. The monoisotopic (exact) mass is 219 g/mol. The van der Waals surface area contributed by atoms with Crippen molar-refractivity contribution in [1.29, 1.82) is 0 Å². The summed E-state index contributed by atoms with van der Waals surface area (Å²) in [6, 6.07) is 6.10. The minimum atomic E-state index is 0.328. The Balaban J connectivity index is 2.22. The van der Waals surface area contributed by atoms with Gasteiger partial charge in [0.05, 0.1) is 11.1 Å². The molecule has 1 aliphatic heterocycles. The zero-order valence-corrected chi connectivity index (χ0v) is 9.67. The lowest BCUT2D eigenvalue weighted by molar-refractivity contribution is 0.369. The van der Waals surface area contributed by atoms with Crippen LogP contribution in [0.1, 0.15) is 6.92 Å². The molecule has 2 rings (SSSR count). The molecule has 0 saturated carbocycles. The fourth-order valence-corrected chi connectivity index (χ4v) is 2.71. The minimum Gasteiger partial charge on any atom is -0.481 e. The summed E-state index contributed by atoms with van der Waals surface area (Å²) in [5.41, 5.74) is 1.26. The van der Waals surface area contributed by atoms with Gasteiger partial charge in [0.2, 0.25) is 0 Å². The van der Waals surface area contributed by atoms with Crippen molar-refractivity contribution in [1.82, 2.24) is 0 Å². The van der Waals surface area contributed by atoms with Crippen molar-refractivity contribution >= 4 is 17.4 Å². The van der Waals surface area contributed by atoms with Crippen molar-refractivity contribution in [3.63, 3.8) is 0 Å². The first kappa shape index (κ1) is 10.3. The molecule has 0 radical (unpaired) electrons. The smallest absolute Gasteiger partial charge is 0.148 e. The zero-order chi connectivity index (χ0) is 10.8. The molecule has 0 spiro atoms. The van der Waals surface area contributed by atoms with Crippen molar-refractivity contribution in [3.8, 4) is 18.1 Å². The van der Waals surface area contributed by atoms with Crippen LogP contribution in [-0.2, 0) is 0 Å². The number of fused-ring (bicyclic) bond motifs is 1. The predicted octanol–water partition coefficient (Wildman–Crippen LogP) is 2.59. The Morgan fingerprint density at radius 3 is 3.13 bits per heavy atom. The number of ether oxygens (including phenoxy) is 1. The highest BCUT2D eigenvalue weighted by molar-refractivity contribution is 8.00. The first-order chi connectivity index (χ1) is 7.22. The average molecular weight is 219 g/mol. The highest BCUT2D eigenvalue weighted by atomic mass is 32.2. The molecule has 1 aromatic rings. The van der Waals surface area contributed by atoms with Gasteiger partial charge in [-0.15, -0.1) is 6.42 Å². The molecule has 15 heavy (non-hydrogen) atoms. The molecule has 1 atom stereocenters. The van der Waals surface area contributed by atoms with Crippen molar-refractivity contribution < 1.29 is 4.74 Å². The van der Waals surface area contributed by atoms with E-state index in [9.17, 15) is 0 Å². The third-order valence-corrected chi connectivity index (χ3v) is 3.71. The Morgan fingerprint density at radius 1 is 1.60 bits per heavy atom. The third-order valence-electron chi connectivity index (χ3n) is 2.48. The SMILES string of the molecule is C#CCOc1ccc2c(c1)SC(C)N2C. The van der Waals surface area contributed by atoms with E-state index in [1.54, 1.807) is 0 Å². The normalized spacial score (nSPS) is 18.5. The van der Waals surface area contributed by atoms with E-state index in [-0.39, 0.29) is 0 Å². The molecule has 1 unspecified atom stereocenters. The lowest BCUT2D eigenvalue weighted by Gasteiger charge is -2.16. The second-order valence-electron chi connectivity index (χ2n) is 3.45. The van der Waals surface area contributed by atoms with Crippen LogP contribution in [0.15, 0.2) is 23.1 Å². The molecule has 2 nitrogen and oxygen atoms in total. The molecule has 1 heterocycles. The van der Waals surface area contributed by atoms with Gasteiger partial charge in [0.15, 0.2) is 0 Å². The van der Waals surface area contributed by atoms with E-state index < -0.39 is 0 Å². The number of anilines is 1. The summed E-state index contributed by atoms with van der Waals surface area (Å²) in [6.45, 7) is 2.52. The van der Waals surface area contributed by atoms with Gasteiger partial charge in [-0.25, -0.2) is 0 Å². The summed E-state index contributed by atoms with van der Waals surface area (Å²) in [5, 5.41) is 0.489. The Labute approximate surface area is 94.6 Å². The van der Waals surface area contributed by atoms with E-state index in [4.69, 9.17) is 11.2 Å². The summed E-state index contributed by atoms with van der Waals surface area (Å²) in [7, 11) is 2.10. The first-order valence-electron chi connectivity index (χ1n) is 4.82. The third kappa shape index (κ3) is 1.91. The molecule has 0 aromatic heterocycles. The summed E-state index contributed by atoms with van der Waals surface area (Å²) < 4.78 is 5.38. The van der Waals surface area contributed by atoms with Gasteiger partial charge in [-0.2, -0.15) is 0 Å². The van der Waals surface area contributed by atoms with E-state index in [0.29, 0.717) is 12.0 Å². The maximum Gasteiger partial charge on any atom is 0.148 e. The minimum absolute atomic E-state index is 0.328.